The lowest BCUT2D eigenvalue weighted by Gasteiger charge is -2.26. The van der Waals surface area contributed by atoms with Crippen LogP contribution in [0.4, 0.5) is 0 Å². The molecule has 0 saturated heterocycles. The van der Waals surface area contributed by atoms with E-state index in [1.165, 1.54) is 6.92 Å². The number of carbonyl (C=O) groups is 5. The highest BCUT2D eigenvalue weighted by Crippen LogP contribution is 2.19. The zero-order valence-electron chi connectivity index (χ0n) is 20.4. The van der Waals surface area contributed by atoms with Gasteiger partial charge in [-0.2, -0.15) is 0 Å². The van der Waals surface area contributed by atoms with Gasteiger partial charge in [0.1, 0.15) is 18.1 Å². The van der Waals surface area contributed by atoms with Crippen molar-refractivity contribution in [2.24, 2.45) is 11.7 Å². The van der Waals surface area contributed by atoms with Crippen LogP contribution in [0.25, 0.3) is 10.9 Å². The third kappa shape index (κ3) is 7.80. The lowest BCUT2D eigenvalue weighted by molar-refractivity contribution is -0.142. The number of carboxylic acids is 2. The second kappa shape index (κ2) is 12.7. The Labute approximate surface area is 208 Å². The van der Waals surface area contributed by atoms with Crippen molar-refractivity contribution in [1.82, 2.24) is 20.9 Å². The highest BCUT2D eigenvalue weighted by Gasteiger charge is 2.31. The molecule has 0 radical (unpaired) electrons. The summed E-state index contributed by atoms with van der Waals surface area (Å²) in [6, 6.07) is 2.87. The van der Waals surface area contributed by atoms with Crippen LogP contribution >= 0.6 is 0 Å². The van der Waals surface area contributed by atoms with Gasteiger partial charge in [-0.1, -0.05) is 32.0 Å². The smallest absolute Gasteiger partial charge is 0.325 e. The molecule has 0 saturated carbocycles. The van der Waals surface area contributed by atoms with Gasteiger partial charge >= 0.3 is 11.9 Å². The highest BCUT2D eigenvalue weighted by atomic mass is 16.4. The zero-order chi connectivity index (χ0) is 27.0. The summed E-state index contributed by atoms with van der Waals surface area (Å²) in [4.78, 5) is 63.7. The molecule has 1 heterocycles. The second-order valence-corrected chi connectivity index (χ2v) is 8.96. The third-order valence-corrected chi connectivity index (χ3v) is 5.71. The summed E-state index contributed by atoms with van der Waals surface area (Å²) in [5.41, 5.74) is 7.32. The molecule has 0 fully saturated rings. The molecule has 4 atom stereocenters. The van der Waals surface area contributed by atoms with Gasteiger partial charge in [0.2, 0.25) is 17.7 Å². The Kier molecular flexibility index (Phi) is 9.97. The van der Waals surface area contributed by atoms with Gasteiger partial charge in [0.15, 0.2) is 0 Å². The van der Waals surface area contributed by atoms with E-state index in [9.17, 15) is 29.1 Å². The summed E-state index contributed by atoms with van der Waals surface area (Å²) in [7, 11) is 0. The number of aromatic nitrogens is 1. The molecule has 12 nitrogen and oxygen atoms in total. The van der Waals surface area contributed by atoms with E-state index >= 15 is 0 Å². The van der Waals surface area contributed by atoms with Crippen LogP contribution in [0.15, 0.2) is 30.5 Å². The number of para-hydroxylation sites is 1. The molecule has 12 heteroatoms. The van der Waals surface area contributed by atoms with Crippen LogP contribution in [-0.4, -0.2) is 69.0 Å². The number of fused-ring (bicyclic) bond motifs is 1. The number of nitrogens with one attached hydrogen (secondary N) is 4. The molecule has 36 heavy (non-hydrogen) atoms. The number of rotatable bonds is 13. The Morgan fingerprint density at radius 3 is 2.22 bits per heavy atom. The number of carbonyl (C=O) groups excluding carboxylic acids is 3. The first kappa shape index (κ1) is 28.3. The van der Waals surface area contributed by atoms with Crippen LogP contribution in [0.3, 0.4) is 0 Å². The van der Waals surface area contributed by atoms with Crippen LogP contribution in [-0.2, 0) is 30.4 Å². The summed E-state index contributed by atoms with van der Waals surface area (Å²) in [5, 5.41) is 26.4. The molecule has 196 valence electrons. The molecule has 0 aliphatic heterocycles. The maximum atomic E-state index is 13.2. The molecule has 2 aromatic rings. The fourth-order valence-electron chi connectivity index (χ4n) is 3.57. The van der Waals surface area contributed by atoms with E-state index in [4.69, 9.17) is 10.8 Å². The summed E-state index contributed by atoms with van der Waals surface area (Å²) in [6.45, 7) is 4.68. The van der Waals surface area contributed by atoms with Crippen molar-refractivity contribution in [3.05, 3.63) is 36.0 Å². The average Bonchev–Trinajstić information content (AvgIpc) is 3.22. The van der Waals surface area contributed by atoms with E-state index in [2.05, 4.69) is 20.9 Å². The van der Waals surface area contributed by atoms with Gasteiger partial charge in [-0.15, -0.1) is 0 Å². The van der Waals surface area contributed by atoms with E-state index in [1.807, 2.05) is 24.3 Å². The number of hydrogen-bond acceptors (Lipinski definition) is 6. The summed E-state index contributed by atoms with van der Waals surface area (Å²) < 4.78 is 0. The fraction of sp³-hybridized carbons (Fsp3) is 0.458. The molecule has 1 aromatic heterocycles. The molecule has 8 N–H and O–H groups in total. The molecule has 1 aromatic carbocycles. The molecule has 3 amide bonds. The van der Waals surface area contributed by atoms with Crippen molar-refractivity contribution in [3.8, 4) is 0 Å². The normalized spacial score (nSPS) is 14.5. The third-order valence-electron chi connectivity index (χ3n) is 5.71. The Bertz CT molecular complexity index is 1110. The van der Waals surface area contributed by atoms with E-state index in [-0.39, 0.29) is 19.3 Å². The minimum Gasteiger partial charge on any atom is -0.481 e. The van der Waals surface area contributed by atoms with Crippen molar-refractivity contribution < 1.29 is 34.2 Å². The minimum absolute atomic E-state index is 0.0603. The van der Waals surface area contributed by atoms with Crippen molar-refractivity contribution in [1.29, 1.82) is 0 Å². The van der Waals surface area contributed by atoms with Gasteiger partial charge in [0, 0.05) is 29.9 Å². The van der Waals surface area contributed by atoms with Crippen LogP contribution < -0.4 is 21.7 Å². The Hall–Kier alpha value is -3.93. The number of hydrogen-bond donors (Lipinski definition) is 7. The zero-order valence-corrected chi connectivity index (χ0v) is 20.4. The molecular formula is C24H33N5O7. The van der Waals surface area contributed by atoms with Crippen LogP contribution in [0.2, 0.25) is 0 Å². The Morgan fingerprint density at radius 1 is 0.944 bits per heavy atom. The SMILES string of the molecule is CC(NC(=O)C(Cc1c[nH]c2ccccc12)NC(=O)C(NC(=O)C(N)CCC(=O)O)C(C)C)C(=O)O. The number of carboxylic acid groups (broad SMARTS) is 2. The van der Waals surface area contributed by atoms with Crippen molar-refractivity contribution in [3.63, 3.8) is 0 Å². The predicted octanol–water partition coefficient (Wildman–Crippen LogP) is 0.117. The quantitative estimate of drug-likeness (QED) is 0.199. The first-order valence-corrected chi connectivity index (χ1v) is 11.6. The average molecular weight is 504 g/mol. The first-order chi connectivity index (χ1) is 16.9. The van der Waals surface area contributed by atoms with Crippen molar-refractivity contribution >= 4 is 40.6 Å². The lowest BCUT2D eigenvalue weighted by Crippen LogP contribution is -2.58. The molecule has 0 aliphatic rings. The number of nitrogens with two attached hydrogens (primary N) is 1. The molecule has 2 rings (SSSR count). The maximum absolute atomic E-state index is 13.2. The Balaban J connectivity index is 2.23. The van der Waals surface area contributed by atoms with Crippen molar-refractivity contribution in [2.75, 3.05) is 0 Å². The van der Waals surface area contributed by atoms with Gasteiger partial charge in [-0.25, -0.2) is 0 Å². The fourth-order valence-corrected chi connectivity index (χ4v) is 3.57. The van der Waals surface area contributed by atoms with Gasteiger partial charge in [-0.3, -0.25) is 24.0 Å². The predicted molar refractivity (Wildman–Crippen MR) is 131 cm³/mol. The number of H-pyrrole nitrogens is 1. The van der Waals surface area contributed by atoms with Gasteiger partial charge < -0.3 is 36.9 Å². The standard InChI is InChI=1S/C24H33N5O7/c1-12(2)20(29-21(32)16(25)8-9-19(30)31)23(34)28-18(22(33)27-13(3)24(35)36)10-14-11-26-17-7-5-4-6-15(14)17/h4-7,11-13,16,18,20,26H,8-10,25H2,1-3H3,(H,27,33)(H,28,34)(H,29,32)(H,30,31)(H,35,36). The second-order valence-electron chi connectivity index (χ2n) is 8.96. The van der Waals surface area contributed by atoms with Crippen LogP contribution in [0, 0.1) is 5.92 Å². The van der Waals surface area contributed by atoms with E-state index in [0.717, 1.165) is 16.5 Å². The molecular weight excluding hydrogens is 470 g/mol. The number of aliphatic carboxylic acids is 2. The minimum atomic E-state index is -1.23. The monoisotopic (exact) mass is 503 g/mol. The Morgan fingerprint density at radius 2 is 1.61 bits per heavy atom. The van der Waals surface area contributed by atoms with Crippen LogP contribution in [0.1, 0.15) is 39.2 Å². The topological polar surface area (TPSA) is 204 Å². The summed E-state index contributed by atoms with van der Waals surface area (Å²) in [5.74, 6) is -4.78. The lowest BCUT2D eigenvalue weighted by atomic mass is 10.00. The van der Waals surface area contributed by atoms with E-state index in [0.29, 0.717) is 0 Å². The molecule has 4 unspecified atom stereocenters. The largest absolute Gasteiger partial charge is 0.481 e. The van der Waals surface area contributed by atoms with Crippen molar-refractivity contribution in [2.45, 2.75) is 64.2 Å². The summed E-state index contributed by atoms with van der Waals surface area (Å²) in [6.07, 6.45) is 1.36. The van der Waals surface area contributed by atoms with Gasteiger partial charge in [0.25, 0.3) is 0 Å². The van der Waals surface area contributed by atoms with E-state index < -0.39 is 59.7 Å². The van der Waals surface area contributed by atoms with E-state index in [1.54, 1.807) is 20.0 Å². The molecule has 0 aliphatic carbocycles. The number of benzene rings is 1. The van der Waals surface area contributed by atoms with Gasteiger partial charge in [-0.05, 0) is 30.9 Å². The summed E-state index contributed by atoms with van der Waals surface area (Å²) >= 11 is 0. The first-order valence-electron chi connectivity index (χ1n) is 11.6. The maximum Gasteiger partial charge on any atom is 0.325 e. The molecule has 0 bridgehead atoms. The number of amides is 3. The molecule has 0 spiro atoms. The van der Waals surface area contributed by atoms with Gasteiger partial charge in [0.05, 0.1) is 6.04 Å². The number of aromatic amines is 1. The van der Waals surface area contributed by atoms with Crippen LogP contribution in [0.5, 0.6) is 0 Å². The highest BCUT2D eigenvalue weighted by molar-refractivity contribution is 5.95.